The van der Waals surface area contributed by atoms with E-state index in [0.29, 0.717) is 5.82 Å². The number of aryl methyl sites for hydroxylation is 6. The van der Waals surface area contributed by atoms with Crippen LogP contribution in [0, 0.1) is 41.5 Å². The molecule has 0 unspecified atom stereocenters. The number of aromatic nitrogens is 12. The van der Waals surface area contributed by atoms with Crippen molar-refractivity contribution in [3.05, 3.63) is 435 Å². The lowest BCUT2D eigenvalue weighted by atomic mass is 10.1. The van der Waals surface area contributed by atoms with Crippen LogP contribution in [0.2, 0.25) is 0 Å². The van der Waals surface area contributed by atoms with E-state index < -0.39 is 0 Å². The van der Waals surface area contributed by atoms with E-state index in [4.69, 9.17) is 19.9 Å². The maximum absolute atomic E-state index is 4.77. The van der Waals surface area contributed by atoms with Gasteiger partial charge >= 0.3 is 0 Å². The highest BCUT2D eigenvalue weighted by Crippen LogP contribution is 2.30. The fourth-order valence-electron chi connectivity index (χ4n) is 12.4. The summed E-state index contributed by atoms with van der Waals surface area (Å²) >= 11 is 0. The van der Waals surface area contributed by atoms with Gasteiger partial charge in [-0.1, -0.05) is 255 Å². The van der Waals surface area contributed by atoms with Gasteiger partial charge in [0.05, 0.1) is 62.6 Å². The molecule has 114 heavy (non-hydrogen) atoms. The van der Waals surface area contributed by atoms with Crippen molar-refractivity contribution in [3.8, 4) is 136 Å². The molecule has 12 nitrogen and oxygen atoms in total. The fourth-order valence-corrected chi connectivity index (χ4v) is 12.4. The topological polar surface area (TPSA) is 155 Å². The van der Waals surface area contributed by atoms with Gasteiger partial charge in [-0.05, 0) is 173 Å². The predicted octanol–water partition coefficient (Wildman–Crippen LogP) is 24.7. The smallest absolute Gasteiger partial charge is 0.178 e. The third-order valence-electron chi connectivity index (χ3n) is 17.9. The first kappa shape index (κ1) is 77.3. The average Bonchev–Trinajstić information content (AvgIpc) is 0.855. The highest BCUT2D eigenvalue weighted by molar-refractivity contribution is 5.72. The molecule has 0 bridgehead atoms. The van der Waals surface area contributed by atoms with Gasteiger partial charge in [-0.2, -0.15) is 0 Å². The Balaban J connectivity index is 0.000000119. The molecule has 0 atom stereocenters. The lowest BCUT2D eigenvalue weighted by Crippen LogP contribution is -1.96. The fraction of sp³-hybridized carbons (Fsp3) is 0.0588. The van der Waals surface area contributed by atoms with Crippen molar-refractivity contribution in [3.63, 3.8) is 0 Å². The predicted molar refractivity (Wildman–Crippen MR) is 466 cm³/mol. The number of rotatable bonds is 12. The van der Waals surface area contributed by atoms with E-state index in [1.165, 1.54) is 22.3 Å². The molecule has 0 saturated carbocycles. The quantitative estimate of drug-likeness (QED) is 0.114. The van der Waals surface area contributed by atoms with E-state index in [2.05, 4.69) is 189 Å². The van der Waals surface area contributed by atoms with Crippen molar-refractivity contribution in [1.29, 1.82) is 0 Å². The standard InChI is InChI=1S/C18H15N.4C17H14N2.C16H13N3/c1-14-12-17(15-8-4-2-5-9-15)19-18(13-14)16-10-6-3-7-11-16;1-13-12-16(14-8-4-2-5-9-14)19-17(18-13)15-10-6-3-7-11-15;1-13-11-16(14-7-3-2-4-8-14)19-17(12-13)15-9-5-6-10-18-15;1-13-10-16(14-6-3-2-4-7-14)19-17(11-13)15-8-5-9-18-12-15;1-13-11-16(14-5-3-2-4-6-14)19-17(12-13)15-7-9-18-10-8-15;1-12-11-15(13-7-3-2-4-8-13)19-16(18-12)14-9-5-6-10-17-14/h2-13H,1H3;4*2-12H,1H3;2-11H,1H3. The first-order valence-corrected chi connectivity index (χ1v) is 37.7. The van der Waals surface area contributed by atoms with Gasteiger partial charge in [0.25, 0.3) is 0 Å². The highest BCUT2D eigenvalue weighted by Gasteiger charge is 2.13. The van der Waals surface area contributed by atoms with Gasteiger partial charge in [0, 0.05) is 104 Å². The molecule has 0 radical (unpaired) electrons. The van der Waals surface area contributed by atoms with E-state index in [1.54, 1.807) is 31.0 Å². The van der Waals surface area contributed by atoms with Gasteiger partial charge in [-0.3, -0.25) is 19.9 Å². The van der Waals surface area contributed by atoms with Gasteiger partial charge in [0.15, 0.2) is 11.6 Å². The monoisotopic (exact) mass is 1480 g/mol. The Morgan fingerprint density at radius 3 is 0.746 bits per heavy atom. The summed E-state index contributed by atoms with van der Waals surface area (Å²) in [5, 5.41) is 0. The summed E-state index contributed by atoms with van der Waals surface area (Å²) in [6, 6.07) is 122. The Morgan fingerprint density at radius 2 is 0.421 bits per heavy atom. The van der Waals surface area contributed by atoms with Crippen LogP contribution in [0.5, 0.6) is 0 Å². The van der Waals surface area contributed by atoms with Gasteiger partial charge in [-0.15, -0.1) is 0 Å². The van der Waals surface area contributed by atoms with Crippen molar-refractivity contribution in [2.24, 2.45) is 0 Å². The zero-order valence-corrected chi connectivity index (χ0v) is 64.5. The maximum atomic E-state index is 4.77. The van der Waals surface area contributed by atoms with Gasteiger partial charge in [0.2, 0.25) is 0 Å². The van der Waals surface area contributed by atoms with Gasteiger partial charge in [-0.25, -0.2) is 39.9 Å². The zero-order chi connectivity index (χ0) is 78.5. The Bertz CT molecular complexity index is 4680. The SMILES string of the molecule is Cc1cc(-c2ccccc2)nc(-c2ccccc2)c1.Cc1cc(-c2ccccc2)nc(-c2ccccc2)n1.Cc1cc(-c2ccccc2)nc(-c2ccccn2)c1.Cc1cc(-c2ccccc2)nc(-c2ccccn2)n1.Cc1cc(-c2ccccc2)nc(-c2cccnc2)c1.Cc1cc(-c2ccccc2)nc(-c2ccncc2)c1. The molecule has 18 rings (SSSR count). The van der Waals surface area contributed by atoms with E-state index in [-0.39, 0.29) is 0 Å². The van der Waals surface area contributed by atoms with Crippen molar-refractivity contribution in [2.75, 3.05) is 0 Å². The number of nitrogens with zero attached hydrogens (tertiary/aromatic N) is 12. The molecule has 0 amide bonds. The number of hydrogen-bond donors (Lipinski definition) is 0. The van der Waals surface area contributed by atoms with E-state index in [9.17, 15) is 0 Å². The first-order valence-electron chi connectivity index (χ1n) is 37.7. The summed E-state index contributed by atoms with van der Waals surface area (Å²) in [6.45, 7) is 12.4. The second kappa shape index (κ2) is 39.5. The minimum Gasteiger partial charge on any atom is -0.265 e. The summed E-state index contributed by atoms with van der Waals surface area (Å²) in [5.74, 6) is 1.44. The van der Waals surface area contributed by atoms with Crippen LogP contribution in [0.4, 0.5) is 0 Å². The van der Waals surface area contributed by atoms with Crippen LogP contribution in [0.25, 0.3) is 136 Å². The molecule has 10 aromatic heterocycles. The van der Waals surface area contributed by atoms with Crippen LogP contribution < -0.4 is 0 Å². The zero-order valence-electron chi connectivity index (χ0n) is 64.5. The Labute approximate surface area is 667 Å². The number of benzene rings is 8. The summed E-state index contributed by atoms with van der Waals surface area (Å²) < 4.78 is 0. The Hall–Kier alpha value is -14.9. The molecule has 0 aliphatic rings. The van der Waals surface area contributed by atoms with E-state index in [1.807, 2.05) is 263 Å². The summed E-state index contributed by atoms with van der Waals surface area (Å²) in [4.78, 5) is 54.1. The van der Waals surface area contributed by atoms with Crippen LogP contribution in [-0.4, -0.2) is 59.8 Å². The molecule has 12 heteroatoms. The molecule has 0 saturated heterocycles. The van der Waals surface area contributed by atoms with Gasteiger partial charge in [0.1, 0.15) is 5.69 Å². The van der Waals surface area contributed by atoms with Crippen molar-refractivity contribution >= 4 is 0 Å². The second-order valence-corrected chi connectivity index (χ2v) is 26.9. The Kier molecular flexibility index (Phi) is 26.8. The van der Waals surface area contributed by atoms with Crippen LogP contribution >= 0.6 is 0 Å². The molecule has 10 heterocycles. The molecule has 18 aromatic rings. The van der Waals surface area contributed by atoms with Crippen LogP contribution in [-0.2, 0) is 0 Å². The lowest BCUT2D eigenvalue weighted by Gasteiger charge is -2.07. The van der Waals surface area contributed by atoms with Crippen LogP contribution in [0.3, 0.4) is 0 Å². The van der Waals surface area contributed by atoms with Crippen molar-refractivity contribution in [2.45, 2.75) is 41.5 Å². The molecule has 0 aliphatic heterocycles. The van der Waals surface area contributed by atoms with Crippen molar-refractivity contribution < 1.29 is 0 Å². The number of pyridine rings is 8. The third kappa shape index (κ3) is 22.2. The first-order chi connectivity index (χ1) is 56.0. The Morgan fingerprint density at radius 1 is 0.158 bits per heavy atom. The minimum atomic E-state index is 0.666. The average molecular weight is 1480 g/mol. The third-order valence-corrected chi connectivity index (χ3v) is 17.9. The summed E-state index contributed by atoms with van der Waals surface area (Å²) in [6.07, 6.45) is 10.8. The molecular formula is C102H84N12. The van der Waals surface area contributed by atoms with E-state index >= 15 is 0 Å². The molecule has 8 aromatic carbocycles. The molecule has 0 spiro atoms. The minimum absolute atomic E-state index is 0.666. The second-order valence-electron chi connectivity index (χ2n) is 26.9. The largest absolute Gasteiger partial charge is 0.265 e. The summed E-state index contributed by atoms with van der Waals surface area (Å²) in [5.41, 5.74) is 29.4. The molecule has 0 aliphatic carbocycles. The van der Waals surface area contributed by atoms with E-state index in [0.717, 1.165) is 141 Å². The molecular weight excluding hydrogens is 1390 g/mol. The van der Waals surface area contributed by atoms with Crippen LogP contribution in [0.1, 0.15) is 33.6 Å². The van der Waals surface area contributed by atoms with Crippen LogP contribution in [0.15, 0.2) is 401 Å². The molecule has 552 valence electrons. The maximum Gasteiger partial charge on any atom is 0.178 e. The van der Waals surface area contributed by atoms with Crippen molar-refractivity contribution in [1.82, 2.24) is 59.8 Å². The number of hydrogen-bond acceptors (Lipinski definition) is 12. The summed E-state index contributed by atoms with van der Waals surface area (Å²) in [7, 11) is 0. The normalized spacial score (nSPS) is 10.4. The highest BCUT2D eigenvalue weighted by atomic mass is 14.9. The molecule has 0 fully saturated rings. The lowest BCUT2D eigenvalue weighted by molar-refractivity contribution is 1.09. The van der Waals surface area contributed by atoms with Gasteiger partial charge < -0.3 is 0 Å². The molecule has 0 N–H and O–H groups in total.